The Bertz CT molecular complexity index is 1770. The maximum absolute atomic E-state index is 14.2. The minimum Gasteiger partial charge on any atom is -0.496 e. The van der Waals surface area contributed by atoms with Crippen molar-refractivity contribution in [1.29, 1.82) is 0 Å². The first-order valence-electron chi connectivity index (χ1n) is 14.4. The monoisotopic (exact) mass is 609 g/mol. The molecular formula is C31H35N3O8S. The molecule has 12 heteroatoms. The number of nitrogens with zero attached hydrogens (tertiary/aromatic N) is 3. The first-order chi connectivity index (χ1) is 20.5. The number of benzene rings is 1. The first-order valence-corrected chi connectivity index (χ1v) is 15.2. The van der Waals surface area contributed by atoms with E-state index in [0.29, 0.717) is 38.7 Å². The van der Waals surface area contributed by atoms with Crippen molar-refractivity contribution < 1.29 is 28.9 Å². The molecule has 2 saturated carbocycles. The quantitative estimate of drug-likeness (QED) is 0.283. The minimum atomic E-state index is -1.83. The van der Waals surface area contributed by atoms with Crippen LogP contribution < -0.4 is 16.0 Å². The van der Waals surface area contributed by atoms with Crippen LogP contribution in [-0.4, -0.2) is 49.6 Å². The van der Waals surface area contributed by atoms with E-state index in [2.05, 4.69) is 4.98 Å². The van der Waals surface area contributed by atoms with Crippen molar-refractivity contribution in [2.24, 2.45) is 11.8 Å². The van der Waals surface area contributed by atoms with Crippen molar-refractivity contribution in [3.8, 4) is 16.5 Å². The number of carbonyl (C=O) groups is 1. The van der Waals surface area contributed by atoms with Gasteiger partial charge in [-0.3, -0.25) is 9.36 Å². The molecule has 3 heterocycles. The number of rotatable bonds is 9. The van der Waals surface area contributed by atoms with E-state index in [1.165, 1.54) is 42.2 Å². The van der Waals surface area contributed by atoms with Crippen LogP contribution in [0.15, 0.2) is 50.7 Å². The summed E-state index contributed by atoms with van der Waals surface area (Å²) in [5.74, 6) is 0.352. The van der Waals surface area contributed by atoms with Gasteiger partial charge in [-0.25, -0.2) is 19.1 Å². The molecule has 3 atom stereocenters. The predicted molar refractivity (Wildman–Crippen MR) is 160 cm³/mol. The van der Waals surface area contributed by atoms with Gasteiger partial charge in [-0.1, -0.05) is 18.2 Å². The molecule has 43 heavy (non-hydrogen) atoms. The number of aliphatic hydroxyl groups is 1. The summed E-state index contributed by atoms with van der Waals surface area (Å²) in [7, 11) is 1.57. The number of oxazole rings is 1. The molecule has 0 bridgehead atoms. The summed E-state index contributed by atoms with van der Waals surface area (Å²) in [6.07, 6.45) is 5.03. The molecule has 1 aromatic carbocycles. The summed E-state index contributed by atoms with van der Waals surface area (Å²) < 4.78 is 20.3. The molecule has 11 nitrogen and oxygen atoms in total. The van der Waals surface area contributed by atoms with E-state index in [4.69, 9.17) is 13.9 Å². The van der Waals surface area contributed by atoms with Crippen LogP contribution in [-0.2, 0) is 21.6 Å². The second-order valence-corrected chi connectivity index (χ2v) is 13.1. The standard InChI is InChI=1S/C31H35N3O8S/c1-16-24-27(36)34(31(2,3)29(37)38)30(39)33(28(24)43-25(16)26-32-9-10-41-26)15-23(21-7-5-6-8-22(21)40-4)42-20-13-17-11-19(35)12-18(17)14-20/h5-10,17-20,23,35H,11-15H2,1-4H3,(H,37,38)/t17-,18-,19?,20?,23?/m1/s1. The van der Waals surface area contributed by atoms with E-state index in [9.17, 15) is 24.6 Å². The van der Waals surface area contributed by atoms with Gasteiger partial charge in [-0.05, 0) is 69.9 Å². The Balaban J connectivity index is 1.52. The fourth-order valence-electron chi connectivity index (χ4n) is 6.82. The molecule has 0 spiro atoms. The van der Waals surface area contributed by atoms with Crippen molar-refractivity contribution in [1.82, 2.24) is 14.1 Å². The number of carboxylic acid groups (broad SMARTS) is 1. The number of hydrogen-bond acceptors (Lipinski definition) is 9. The number of aryl methyl sites for hydroxylation is 1. The molecule has 3 aromatic heterocycles. The van der Waals surface area contributed by atoms with Gasteiger partial charge in [0.15, 0.2) is 0 Å². The molecule has 0 aliphatic heterocycles. The highest BCUT2D eigenvalue weighted by atomic mass is 32.1. The Hall–Kier alpha value is -3.74. The van der Waals surface area contributed by atoms with Gasteiger partial charge >= 0.3 is 11.7 Å². The van der Waals surface area contributed by atoms with Crippen LogP contribution in [0, 0.1) is 18.8 Å². The minimum absolute atomic E-state index is 0.00508. The van der Waals surface area contributed by atoms with Crippen LogP contribution in [0.1, 0.15) is 56.8 Å². The summed E-state index contributed by atoms with van der Waals surface area (Å²) >= 11 is 1.20. The Labute approximate surface area is 251 Å². The van der Waals surface area contributed by atoms with Crippen molar-refractivity contribution in [3.63, 3.8) is 0 Å². The molecule has 2 aliphatic carbocycles. The molecule has 0 amide bonds. The lowest BCUT2D eigenvalue weighted by Gasteiger charge is -2.27. The lowest BCUT2D eigenvalue weighted by atomic mass is 10.0. The molecule has 228 valence electrons. The maximum atomic E-state index is 14.2. The molecular weight excluding hydrogens is 574 g/mol. The van der Waals surface area contributed by atoms with Gasteiger partial charge in [0.1, 0.15) is 28.5 Å². The number of aliphatic hydroxyl groups excluding tert-OH is 1. The number of thiophene rings is 1. The molecule has 0 saturated heterocycles. The third kappa shape index (κ3) is 5.00. The fourth-order valence-corrected chi connectivity index (χ4v) is 8.06. The Morgan fingerprint density at radius 2 is 1.88 bits per heavy atom. The lowest BCUT2D eigenvalue weighted by molar-refractivity contribution is -0.146. The number of methoxy groups -OCH3 is 1. The average Bonchev–Trinajstić information content (AvgIpc) is 3.74. The van der Waals surface area contributed by atoms with Crippen LogP contribution in [0.2, 0.25) is 0 Å². The number of carboxylic acids is 1. The van der Waals surface area contributed by atoms with Gasteiger partial charge in [-0.2, -0.15) is 0 Å². The molecule has 6 rings (SSSR count). The van der Waals surface area contributed by atoms with Crippen molar-refractivity contribution in [2.45, 2.75) is 76.9 Å². The van der Waals surface area contributed by atoms with Gasteiger partial charge in [0.05, 0.1) is 42.3 Å². The summed E-state index contributed by atoms with van der Waals surface area (Å²) in [5, 5.41) is 20.4. The van der Waals surface area contributed by atoms with Crippen molar-refractivity contribution >= 4 is 27.5 Å². The van der Waals surface area contributed by atoms with E-state index >= 15 is 0 Å². The average molecular weight is 610 g/mol. The molecule has 0 radical (unpaired) electrons. The van der Waals surface area contributed by atoms with Crippen LogP contribution >= 0.6 is 11.3 Å². The van der Waals surface area contributed by atoms with Crippen LogP contribution in [0.4, 0.5) is 0 Å². The predicted octanol–water partition coefficient (Wildman–Crippen LogP) is 4.32. The lowest BCUT2D eigenvalue weighted by Crippen LogP contribution is -2.52. The Kier molecular flexibility index (Phi) is 7.55. The molecule has 4 aromatic rings. The second-order valence-electron chi connectivity index (χ2n) is 12.1. The smallest absolute Gasteiger partial charge is 0.333 e. The molecule has 1 unspecified atom stereocenters. The van der Waals surface area contributed by atoms with E-state index in [1.807, 2.05) is 24.3 Å². The van der Waals surface area contributed by atoms with E-state index in [-0.39, 0.29) is 24.1 Å². The number of fused-ring (bicyclic) bond motifs is 2. The number of ether oxygens (including phenoxy) is 2. The van der Waals surface area contributed by atoms with Crippen LogP contribution in [0.3, 0.4) is 0 Å². The van der Waals surface area contributed by atoms with E-state index in [1.54, 1.807) is 14.0 Å². The van der Waals surface area contributed by atoms with Gasteiger partial charge in [-0.15, -0.1) is 11.3 Å². The normalized spacial score (nSPS) is 20.1. The second kappa shape index (κ2) is 11.1. The topological polar surface area (TPSA) is 146 Å². The van der Waals surface area contributed by atoms with Gasteiger partial charge in [0.2, 0.25) is 5.89 Å². The number of aliphatic carboxylic acids is 1. The SMILES string of the molecule is COc1ccccc1C(Cn1c(=O)n(C(C)(C)C(=O)O)c(=O)c2c(C)c(-c3ncco3)sc21)OC1C[C@H]2CC(O)C[C@@H]2C1. The maximum Gasteiger partial charge on any atom is 0.333 e. The van der Waals surface area contributed by atoms with E-state index in [0.717, 1.165) is 35.8 Å². The van der Waals surface area contributed by atoms with Gasteiger partial charge in [0.25, 0.3) is 5.56 Å². The number of hydrogen-bond donors (Lipinski definition) is 2. The zero-order valence-electron chi connectivity index (χ0n) is 24.5. The van der Waals surface area contributed by atoms with Crippen molar-refractivity contribution in [3.05, 3.63) is 68.7 Å². The summed E-state index contributed by atoms with van der Waals surface area (Å²) in [5.41, 5.74) is -1.98. The highest BCUT2D eigenvalue weighted by molar-refractivity contribution is 7.22. The molecule has 2 fully saturated rings. The van der Waals surface area contributed by atoms with E-state index < -0.39 is 28.9 Å². The Morgan fingerprint density at radius 1 is 1.19 bits per heavy atom. The van der Waals surface area contributed by atoms with Gasteiger partial charge < -0.3 is 24.1 Å². The third-order valence-corrected chi connectivity index (χ3v) is 10.4. The first kappa shape index (κ1) is 29.3. The third-order valence-electron chi connectivity index (χ3n) is 9.06. The molecule has 2 N–H and O–H groups in total. The highest BCUT2D eigenvalue weighted by Crippen LogP contribution is 2.47. The summed E-state index contributed by atoms with van der Waals surface area (Å²) in [4.78, 5) is 45.7. The summed E-state index contributed by atoms with van der Waals surface area (Å²) in [6.45, 7) is 4.42. The molecule has 2 aliphatic rings. The zero-order valence-corrected chi connectivity index (χ0v) is 25.3. The summed E-state index contributed by atoms with van der Waals surface area (Å²) in [6, 6.07) is 7.44. The highest BCUT2D eigenvalue weighted by Gasteiger charge is 2.43. The number of aromatic nitrogens is 3. The van der Waals surface area contributed by atoms with Crippen LogP contribution in [0.5, 0.6) is 5.75 Å². The number of para-hydroxylation sites is 1. The fraction of sp³-hybridized carbons (Fsp3) is 0.484. The van der Waals surface area contributed by atoms with Crippen LogP contribution in [0.25, 0.3) is 21.0 Å². The zero-order chi connectivity index (χ0) is 30.6. The largest absolute Gasteiger partial charge is 0.496 e. The van der Waals surface area contributed by atoms with Crippen molar-refractivity contribution in [2.75, 3.05) is 7.11 Å². The van der Waals surface area contributed by atoms with Gasteiger partial charge in [0, 0.05) is 5.56 Å². The Morgan fingerprint density at radius 3 is 2.51 bits per heavy atom.